The summed E-state index contributed by atoms with van der Waals surface area (Å²) in [5.74, 6) is 0.817. The van der Waals surface area contributed by atoms with Crippen molar-refractivity contribution in [3.8, 4) is 0 Å². The van der Waals surface area contributed by atoms with Gasteiger partial charge in [0.2, 0.25) is 11.8 Å². The van der Waals surface area contributed by atoms with Gasteiger partial charge in [-0.15, -0.1) is 0 Å². The van der Waals surface area contributed by atoms with E-state index in [0.717, 1.165) is 43.7 Å². The normalized spacial score (nSPS) is 25.5. The minimum atomic E-state index is -0.688. The molecule has 2 saturated heterocycles. The largest absolute Gasteiger partial charge is 0.342 e. The van der Waals surface area contributed by atoms with Crippen LogP contribution in [0.2, 0.25) is 0 Å². The van der Waals surface area contributed by atoms with Gasteiger partial charge in [0.25, 0.3) is 0 Å². The summed E-state index contributed by atoms with van der Waals surface area (Å²) < 4.78 is 0. The number of hydrogen-bond donors (Lipinski definition) is 2. The number of amides is 2. The van der Waals surface area contributed by atoms with Crippen molar-refractivity contribution in [1.29, 1.82) is 0 Å². The molecule has 1 spiro atoms. The summed E-state index contributed by atoms with van der Waals surface area (Å²) in [5.41, 5.74) is 2.72. The molecule has 0 bridgehead atoms. The molecule has 33 heavy (non-hydrogen) atoms. The molecular weight excluding hydrogens is 414 g/mol. The number of likely N-dealkylation sites (tertiary alicyclic amines) is 1. The van der Waals surface area contributed by atoms with Gasteiger partial charge < -0.3 is 10.2 Å². The van der Waals surface area contributed by atoms with E-state index in [0.29, 0.717) is 25.3 Å². The lowest BCUT2D eigenvalue weighted by Gasteiger charge is -2.52. The molecule has 7 heteroatoms. The van der Waals surface area contributed by atoms with Crippen LogP contribution in [0.5, 0.6) is 0 Å². The molecule has 3 heterocycles. The summed E-state index contributed by atoms with van der Waals surface area (Å²) in [6.07, 6.45) is 10.4. The predicted octanol–water partition coefficient (Wildman–Crippen LogP) is 4.02. The zero-order chi connectivity index (χ0) is 23.6. The van der Waals surface area contributed by atoms with E-state index in [9.17, 15) is 9.59 Å². The molecule has 1 aliphatic carbocycles. The Bertz CT molecular complexity index is 816. The van der Waals surface area contributed by atoms with Crippen molar-refractivity contribution in [2.24, 2.45) is 5.92 Å². The topological polar surface area (TPSA) is 81.3 Å². The first kappa shape index (κ1) is 24.2. The molecule has 184 valence electrons. The smallest absolute Gasteiger partial charge is 0.246 e. The van der Waals surface area contributed by atoms with Crippen molar-refractivity contribution >= 4 is 11.8 Å². The first-order valence-electron chi connectivity index (χ1n) is 13.3. The number of nitrogens with zero attached hydrogens (tertiary/aromatic N) is 3. The van der Waals surface area contributed by atoms with Crippen LogP contribution in [0.1, 0.15) is 101 Å². The number of aryl methyl sites for hydroxylation is 2. The Hall–Kier alpha value is -1.89. The van der Waals surface area contributed by atoms with Gasteiger partial charge in [-0.2, -0.15) is 5.10 Å². The number of H-pyrrole nitrogens is 1. The summed E-state index contributed by atoms with van der Waals surface area (Å²) in [7, 11) is 0. The van der Waals surface area contributed by atoms with E-state index in [1.165, 1.54) is 37.7 Å². The molecule has 4 rings (SSSR count). The average molecular weight is 458 g/mol. The van der Waals surface area contributed by atoms with Gasteiger partial charge in [0.05, 0.1) is 5.69 Å². The molecule has 7 nitrogen and oxygen atoms in total. The van der Waals surface area contributed by atoms with Crippen molar-refractivity contribution in [1.82, 2.24) is 25.3 Å². The van der Waals surface area contributed by atoms with E-state index >= 15 is 0 Å². The minimum Gasteiger partial charge on any atom is -0.342 e. The Morgan fingerprint density at radius 2 is 1.82 bits per heavy atom. The maximum absolute atomic E-state index is 13.7. The van der Waals surface area contributed by atoms with Crippen LogP contribution in [0.4, 0.5) is 0 Å². The molecule has 1 aromatic heterocycles. The highest BCUT2D eigenvalue weighted by molar-refractivity contribution is 6.00. The van der Waals surface area contributed by atoms with Crippen LogP contribution in [0.25, 0.3) is 0 Å². The number of nitrogens with one attached hydrogen (secondary N) is 2. The van der Waals surface area contributed by atoms with Gasteiger partial charge >= 0.3 is 0 Å². The molecule has 0 aromatic carbocycles. The van der Waals surface area contributed by atoms with E-state index in [-0.39, 0.29) is 23.9 Å². The van der Waals surface area contributed by atoms with Gasteiger partial charge in [0, 0.05) is 36.9 Å². The molecule has 2 amide bonds. The second-order valence-corrected chi connectivity index (χ2v) is 10.7. The Morgan fingerprint density at radius 1 is 1.12 bits per heavy atom. The second kappa shape index (κ2) is 10.2. The number of hydrogen-bond acceptors (Lipinski definition) is 4. The summed E-state index contributed by atoms with van der Waals surface area (Å²) in [6.45, 7) is 10.8. The number of aromatic amines is 1. The number of carbonyl (C=O) groups excluding carboxylic acids is 2. The number of aromatic nitrogens is 2. The number of rotatable bonds is 7. The van der Waals surface area contributed by atoms with Gasteiger partial charge in [-0.3, -0.25) is 19.6 Å². The van der Waals surface area contributed by atoms with Crippen molar-refractivity contribution in [2.45, 2.75) is 110 Å². The average Bonchev–Trinajstić information content (AvgIpc) is 3.16. The van der Waals surface area contributed by atoms with E-state index in [2.05, 4.69) is 41.2 Å². The highest BCUT2D eigenvalue weighted by Crippen LogP contribution is 2.38. The van der Waals surface area contributed by atoms with E-state index < -0.39 is 5.54 Å². The maximum Gasteiger partial charge on any atom is 0.246 e. The van der Waals surface area contributed by atoms with E-state index in [1.54, 1.807) is 0 Å². The summed E-state index contributed by atoms with van der Waals surface area (Å²) in [6, 6.07) is -0.0946. The fourth-order valence-corrected chi connectivity index (χ4v) is 6.57. The van der Waals surface area contributed by atoms with Crippen LogP contribution in [-0.2, 0) is 9.59 Å². The molecule has 2 atom stereocenters. The van der Waals surface area contributed by atoms with Crippen LogP contribution < -0.4 is 5.32 Å². The van der Waals surface area contributed by atoms with Gasteiger partial charge in [0.15, 0.2) is 0 Å². The van der Waals surface area contributed by atoms with Crippen molar-refractivity contribution in [3.63, 3.8) is 0 Å². The Kier molecular flexibility index (Phi) is 7.46. The summed E-state index contributed by atoms with van der Waals surface area (Å²) in [5, 5.41) is 10.7. The van der Waals surface area contributed by atoms with Gasteiger partial charge in [0.1, 0.15) is 11.6 Å². The van der Waals surface area contributed by atoms with E-state index in [4.69, 9.17) is 0 Å². The highest BCUT2D eigenvalue weighted by Gasteiger charge is 2.53. The number of piperazine rings is 1. The van der Waals surface area contributed by atoms with Crippen LogP contribution in [0.3, 0.4) is 0 Å². The fraction of sp³-hybridized carbons (Fsp3) is 0.808. The van der Waals surface area contributed by atoms with Crippen molar-refractivity contribution in [2.75, 3.05) is 19.6 Å². The maximum atomic E-state index is 13.7. The molecule has 2 aliphatic heterocycles. The predicted molar refractivity (Wildman–Crippen MR) is 130 cm³/mol. The number of piperidine rings is 1. The Balaban J connectivity index is 1.48. The molecule has 1 saturated carbocycles. The third-order valence-electron chi connectivity index (χ3n) is 8.61. The fourth-order valence-electron chi connectivity index (χ4n) is 6.57. The third-order valence-corrected chi connectivity index (χ3v) is 8.61. The molecule has 3 aliphatic rings. The molecule has 1 aromatic rings. The van der Waals surface area contributed by atoms with Gasteiger partial charge in [-0.1, -0.05) is 45.4 Å². The monoisotopic (exact) mass is 457 g/mol. The Morgan fingerprint density at radius 3 is 2.42 bits per heavy atom. The van der Waals surface area contributed by atoms with Crippen molar-refractivity contribution < 1.29 is 9.59 Å². The zero-order valence-corrected chi connectivity index (χ0v) is 21.1. The molecule has 0 radical (unpaired) electrons. The van der Waals surface area contributed by atoms with Crippen LogP contribution >= 0.6 is 0 Å². The molecular formula is C26H43N5O2. The number of unbranched alkanes of at least 4 members (excludes halogenated alkanes) is 1. The summed E-state index contributed by atoms with van der Waals surface area (Å²) in [4.78, 5) is 31.8. The zero-order valence-electron chi connectivity index (χ0n) is 21.1. The quantitative estimate of drug-likeness (QED) is 0.648. The first-order chi connectivity index (χ1) is 15.9. The van der Waals surface area contributed by atoms with Crippen molar-refractivity contribution in [3.05, 3.63) is 17.0 Å². The van der Waals surface area contributed by atoms with Crippen LogP contribution in [0, 0.1) is 19.8 Å². The Labute approximate surface area is 199 Å². The van der Waals surface area contributed by atoms with Crippen LogP contribution in [0.15, 0.2) is 0 Å². The lowest BCUT2D eigenvalue weighted by Crippen LogP contribution is -2.73. The second-order valence-electron chi connectivity index (χ2n) is 10.7. The minimum absolute atomic E-state index is 0.0852. The summed E-state index contributed by atoms with van der Waals surface area (Å²) >= 11 is 0. The highest BCUT2D eigenvalue weighted by atomic mass is 16.2. The molecule has 1 unspecified atom stereocenters. The first-order valence-corrected chi connectivity index (χ1v) is 13.3. The van der Waals surface area contributed by atoms with Gasteiger partial charge in [-0.25, -0.2) is 0 Å². The standard InChI is InChI=1S/C26H43N5O2/c1-5-6-14-31-24(32)22(17-21-10-8-7-9-11-21)27-25(33)26(31)12-15-30(16-13-26)20(4)23-18(2)28-29-19(23)3/h20-22H,5-17H2,1-4H3,(H,27,33)(H,28,29)/t20?,22-/m0/s1. The lowest BCUT2D eigenvalue weighted by atomic mass is 9.78. The SMILES string of the molecule is CCCCN1C(=O)[C@H](CC2CCCCC2)NC(=O)C12CCN(C(C)c1c(C)n[nH]c1C)CC2. The van der Waals surface area contributed by atoms with Crippen LogP contribution in [-0.4, -0.2) is 63.0 Å². The molecule has 2 N–H and O–H groups in total. The van der Waals surface area contributed by atoms with Gasteiger partial charge in [-0.05, 0) is 52.4 Å². The number of carbonyl (C=O) groups is 2. The third kappa shape index (κ3) is 4.71. The van der Waals surface area contributed by atoms with E-state index in [1.807, 2.05) is 11.8 Å². The lowest BCUT2D eigenvalue weighted by molar-refractivity contribution is -0.162. The molecule has 3 fully saturated rings.